The number of amides is 1. The van der Waals surface area contributed by atoms with Gasteiger partial charge in [-0.2, -0.15) is 4.52 Å². The Morgan fingerprint density at radius 2 is 2.08 bits per heavy atom. The van der Waals surface area contributed by atoms with Gasteiger partial charge in [0.2, 0.25) is 0 Å². The normalized spacial score (nSPS) is 14.1. The molecule has 1 saturated heterocycles. The quantitative estimate of drug-likeness (QED) is 0.706. The number of nitrogens with zero attached hydrogens (tertiary/aromatic N) is 5. The van der Waals surface area contributed by atoms with Crippen molar-refractivity contribution in [2.45, 2.75) is 19.4 Å². The standard InChI is InChI=1S/C16H16ClN7O2/c17-11-7-10(8-18-16(11)26)15(25)19-9-14-21-20-12-3-4-13(22-24(12)14)23-5-1-2-6-23/h3-4,7-8H,1-2,5-6,9H2,(H,18,26)(H,19,25). The van der Waals surface area contributed by atoms with Crippen LogP contribution in [0.25, 0.3) is 5.65 Å². The number of hydrogen-bond donors (Lipinski definition) is 2. The maximum absolute atomic E-state index is 12.2. The maximum Gasteiger partial charge on any atom is 0.266 e. The van der Waals surface area contributed by atoms with Crippen LogP contribution in [0.15, 0.2) is 29.2 Å². The molecule has 9 nitrogen and oxygen atoms in total. The van der Waals surface area contributed by atoms with Crippen molar-refractivity contribution in [2.24, 2.45) is 0 Å². The van der Waals surface area contributed by atoms with E-state index in [1.54, 1.807) is 4.52 Å². The lowest BCUT2D eigenvalue weighted by atomic mass is 10.2. The lowest BCUT2D eigenvalue weighted by Gasteiger charge is -2.15. The largest absolute Gasteiger partial charge is 0.355 e. The summed E-state index contributed by atoms with van der Waals surface area (Å²) in [6.07, 6.45) is 3.63. The van der Waals surface area contributed by atoms with E-state index in [1.165, 1.54) is 12.3 Å². The minimum Gasteiger partial charge on any atom is -0.355 e. The molecule has 0 aromatic carbocycles. The number of H-pyrrole nitrogens is 1. The summed E-state index contributed by atoms with van der Waals surface area (Å²) in [5.74, 6) is 1.01. The number of hydrogen-bond acceptors (Lipinski definition) is 6. The van der Waals surface area contributed by atoms with E-state index in [0.717, 1.165) is 31.7 Å². The molecule has 0 aliphatic carbocycles. The van der Waals surface area contributed by atoms with Gasteiger partial charge >= 0.3 is 0 Å². The summed E-state index contributed by atoms with van der Waals surface area (Å²) < 4.78 is 1.63. The fourth-order valence-corrected chi connectivity index (χ4v) is 3.07. The molecule has 0 spiro atoms. The zero-order valence-electron chi connectivity index (χ0n) is 13.8. The Morgan fingerprint density at radius 3 is 2.85 bits per heavy atom. The number of halogens is 1. The van der Waals surface area contributed by atoms with Crippen LogP contribution < -0.4 is 15.8 Å². The molecule has 1 amide bonds. The van der Waals surface area contributed by atoms with Crippen LogP contribution in [-0.2, 0) is 6.54 Å². The fraction of sp³-hybridized carbons (Fsp3) is 0.312. The molecule has 0 bridgehead atoms. The second-order valence-electron chi connectivity index (χ2n) is 6.02. The highest BCUT2D eigenvalue weighted by molar-refractivity contribution is 6.30. The maximum atomic E-state index is 12.2. The first-order chi connectivity index (χ1) is 12.6. The van der Waals surface area contributed by atoms with Crippen molar-refractivity contribution in [3.05, 3.63) is 51.2 Å². The molecule has 1 fully saturated rings. The highest BCUT2D eigenvalue weighted by Crippen LogP contribution is 2.18. The lowest BCUT2D eigenvalue weighted by Crippen LogP contribution is -2.25. The molecule has 1 aliphatic heterocycles. The SMILES string of the molecule is O=C(NCc1nnc2ccc(N3CCCC3)nn12)c1c[nH]c(=O)c(Cl)c1. The van der Waals surface area contributed by atoms with Gasteiger partial charge in [0.25, 0.3) is 11.5 Å². The summed E-state index contributed by atoms with van der Waals surface area (Å²) in [6.45, 7) is 2.12. The Bertz CT molecular complexity index is 1020. The minimum absolute atomic E-state index is 0.0394. The zero-order chi connectivity index (χ0) is 18.1. The van der Waals surface area contributed by atoms with Gasteiger partial charge in [-0.25, -0.2) is 0 Å². The summed E-state index contributed by atoms with van der Waals surface area (Å²) in [7, 11) is 0. The van der Waals surface area contributed by atoms with E-state index in [1.807, 2.05) is 12.1 Å². The van der Waals surface area contributed by atoms with Crippen LogP contribution in [0.1, 0.15) is 29.0 Å². The van der Waals surface area contributed by atoms with Crippen LogP contribution in [-0.4, -0.2) is 43.8 Å². The molecule has 10 heteroatoms. The summed E-state index contributed by atoms with van der Waals surface area (Å²) in [5, 5.41) is 15.5. The molecule has 134 valence electrons. The molecule has 0 atom stereocenters. The Hall–Kier alpha value is -2.94. The van der Waals surface area contributed by atoms with Gasteiger partial charge in [0.05, 0.1) is 12.1 Å². The van der Waals surface area contributed by atoms with Crippen LogP contribution in [0.2, 0.25) is 5.02 Å². The molecule has 1 aliphatic rings. The van der Waals surface area contributed by atoms with E-state index < -0.39 is 5.56 Å². The molecule has 0 saturated carbocycles. The predicted octanol–water partition coefficient (Wildman–Crippen LogP) is 0.996. The number of pyridine rings is 1. The summed E-state index contributed by atoms with van der Waals surface area (Å²) in [5.41, 5.74) is 0.434. The van der Waals surface area contributed by atoms with E-state index in [-0.39, 0.29) is 23.0 Å². The molecule has 4 heterocycles. The second-order valence-corrected chi connectivity index (χ2v) is 6.43. The Balaban J connectivity index is 1.53. The smallest absolute Gasteiger partial charge is 0.266 e. The van der Waals surface area contributed by atoms with Crippen LogP contribution in [0.4, 0.5) is 5.82 Å². The summed E-state index contributed by atoms with van der Waals surface area (Å²) in [6, 6.07) is 5.11. The number of fused-ring (bicyclic) bond motifs is 1. The van der Waals surface area contributed by atoms with E-state index >= 15 is 0 Å². The molecular formula is C16H16ClN7O2. The van der Waals surface area contributed by atoms with Gasteiger partial charge in [0.1, 0.15) is 10.8 Å². The average Bonchev–Trinajstić information content (AvgIpc) is 3.31. The third-order valence-corrected chi connectivity index (χ3v) is 4.55. The molecule has 3 aromatic heterocycles. The number of carbonyl (C=O) groups is 1. The van der Waals surface area contributed by atoms with Crippen LogP contribution >= 0.6 is 11.6 Å². The van der Waals surface area contributed by atoms with Crippen molar-refractivity contribution in [1.82, 2.24) is 30.1 Å². The van der Waals surface area contributed by atoms with Gasteiger partial charge in [-0.15, -0.1) is 15.3 Å². The third kappa shape index (κ3) is 3.13. The van der Waals surface area contributed by atoms with Gasteiger partial charge in [-0.1, -0.05) is 11.6 Å². The first-order valence-corrected chi connectivity index (χ1v) is 8.62. The van der Waals surface area contributed by atoms with E-state index in [4.69, 9.17) is 11.6 Å². The number of aromatic nitrogens is 5. The Labute approximate surface area is 153 Å². The third-order valence-electron chi connectivity index (χ3n) is 4.27. The molecule has 2 N–H and O–H groups in total. The van der Waals surface area contributed by atoms with Crippen LogP contribution in [0.5, 0.6) is 0 Å². The highest BCUT2D eigenvalue weighted by Gasteiger charge is 2.16. The van der Waals surface area contributed by atoms with Crippen LogP contribution in [0, 0.1) is 0 Å². The first kappa shape index (κ1) is 16.5. The van der Waals surface area contributed by atoms with Crippen molar-refractivity contribution in [3.63, 3.8) is 0 Å². The molecule has 26 heavy (non-hydrogen) atoms. The first-order valence-electron chi connectivity index (χ1n) is 8.24. The van der Waals surface area contributed by atoms with Crippen molar-refractivity contribution in [3.8, 4) is 0 Å². The molecule has 4 rings (SSSR count). The van der Waals surface area contributed by atoms with Gasteiger partial charge < -0.3 is 15.2 Å². The average molecular weight is 374 g/mol. The molecule has 0 radical (unpaired) electrons. The zero-order valence-corrected chi connectivity index (χ0v) is 14.5. The molecule has 0 unspecified atom stereocenters. The van der Waals surface area contributed by atoms with Crippen molar-refractivity contribution in [2.75, 3.05) is 18.0 Å². The molecular weight excluding hydrogens is 358 g/mol. The topological polar surface area (TPSA) is 108 Å². The van der Waals surface area contributed by atoms with E-state index in [0.29, 0.717) is 11.5 Å². The number of aromatic amines is 1. The second kappa shape index (κ2) is 6.75. The Morgan fingerprint density at radius 1 is 1.27 bits per heavy atom. The Kier molecular flexibility index (Phi) is 4.29. The number of carbonyl (C=O) groups excluding carboxylic acids is 1. The van der Waals surface area contributed by atoms with Gasteiger partial charge in [0.15, 0.2) is 11.5 Å². The van der Waals surface area contributed by atoms with Crippen molar-refractivity contribution < 1.29 is 4.79 Å². The number of anilines is 1. The van der Waals surface area contributed by atoms with E-state index in [9.17, 15) is 9.59 Å². The predicted molar refractivity (Wildman–Crippen MR) is 95.5 cm³/mol. The minimum atomic E-state index is -0.440. The van der Waals surface area contributed by atoms with Gasteiger partial charge in [0, 0.05) is 19.3 Å². The molecule has 3 aromatic rings. The monoisotopic (exact) mass is 373 g/mol. The van der Waals surface area contributed by atoms with E-state index in [2.05, 4.69) is 30.5 Å². The van der Waals surface area contributed by atoms with Crippen LogP contribution in [0.3, 0.4) is 0 Å². The lowest BCUT2D eigenvalue weighted by molar-refractivity contribution is 0.0949. The fourth-order valence-electron chi connectivity index (χ4n) is 2.90. The number of nitrogens with one attached hydrogen (secondary N) is 2. The summed E-state index contributed by atoms with van der Waals surface area (Å²) >= 11 is 5.75. The summed E-state index contributed by atoms with van der Waals surface area (Å²) in [4.78, 5) is 28.1. The van der Waals surface area contributed by atoms with Gasteiger partial charge in [-0.3, -0.25) is 9.59 Å². The number of rotatable bonds is 4. The van der Waals surface area contributed by atoms with Crippen molar-refractivity contribution in [1.29, 1.82) is 0 Å². The highest BCUT2D eigenvalue weighted by atomic mass is 35.5. The van der Waals surface area contributed by atoms with Gasteiger partial charge in [-0.05, 0) is 31.0 Å². The van der Waals surface area contributed by atoms with Crippen molar-refractivity contribution >= 4 is 29.0 Å².